The Bertz CT molecular complexity index is 837. The second-order valence-electron chi connectivity index (χ2n) is 4.45. The summed E-state index contributed by atoms with van der Waals surface area (Å²) in [6.07, 6.45) is -6.69. The van der Waals surface area contributed by atoms with Gasteiger partial charge < -0.3 is 10.1 Å². The summed E-state index contributed by atoms with van der Waals surface area (Å²) in [5.74, 6) is -0.367. The molecule has 0 heterocycles. The van der Waals surface area contributed by atoms with E-state index in [0.29, 0.717) is 6.07 Å². The first kappa shape index (κ1) is 12.7. The maximum atomic E-state index is 12.9. The maximum Gasteiger partial charge on any atom is 0.416 e. The van der Waals surface area contributed by atoms with Crippen LogP contribution in [0.25, 0.3) is 0 Å². The van der Waals surface area contributed by atoms with Crippen LogP contribution in [-0.2, 0) is 6.18 Å². The lowest BCUT2D eigenvalue weighted by Gasteiger charge is -2.20. The number of ether oxygens (including phenoxy) is 1. The van der Waals surface area contributed by atoms with Gasteiger partial charge in [-0.25, -0.2) is 0 Å². The summed E-state index contributed by atoms with van der Waals surface area (Å²) >= 11 is 0. The van der Waals surface area contributed by atoms with E-state index in [1.54, 1.807) is 7.05 Å². The highest BCUT2D eigenvalue weighted by molar-refractivity contribution is 5.85. The Kier molecular flexibility index (Phi) is 4.84. The summed E-state index contributed by atoms with van der Waals surface area (Å²) in [6, 6.07) is 3.61. The molecule has 0 aromatic heterocycles. The van der Waals surface area contributed by atoms with Gasteiger partial charge in [-0.05, 0) is 43.4 Å². The van der Waals surface area contributed by atoms with Crippen molar-refractivity contribution in [2.75, 3.05) is 13.6 Å². The lowest BCUT2D eigenvalue weighted by atomic mass is 10.1. The van der Waals surface area contributed by atoms with Gasteiger partial charge in [-0.1, -0.05) is 30.3 Å². The van der Waals surface area contributed by atoms with E-state index in [2.05, 4.69) is 5.32 Å². The molecule has 6 heteroatoms. The van der Waals surface area contributed by atoms with E-state index in [9.17, 15) is 13.2 Å². The Morgan fingerprint density at radius 3 is 2.70 bits per heavy atom. The average molecular weight is 351 g/mol. The van der Waals surface area contributed by atoms with Crippen LogP contribution in [0.3, 0.4) is 0 Å². The van der Waals surface area contributed by atoms with E-state index in [-0.39, 0.29) is 48.8 Å². The first-order valence-corrected chi connectivity index (χ1v) is 6.59. The van der Waals surface area contributed by atoms with Gasteiger partial charge in [0.15, 0.2) is 0 Å². The number of hydrogen-bond donors (Lipinski definition) is 1. The van der Waals surface area contributed by atoms with Crippen LogP contribution in [0.1, 0.15) is 30.5 Å². The Morgan fingerprint density at radius 2 is 2.00 bits per heavy atom. The molecule has 1 unspecified atom stereocenters. The van der Waals surface area contributed by atoms with Crippen molar-refractivity contribution >= 4 is 12.4 Å². The zero-order valence-corrected chi connectivity index (χ0v) is 13.1. The van der Waals surface area contributed by atoms with Gasteiger partial charge in [0.1, 0.15) is 11.8 Å². The third kappa shape index (κ3) is 5.77. The highest BCUT2D eigenvalue weighted by Crippen LogP contribution is 2.31. The summed E-state index contributed by atoms with van der Waals surface area (Å²) in [7, 11) is 1.64. The van der Waals surface area contributed by atoms with E-state index in [1.807, 2.05) is 0 Å². The fourth-order valence-corrected chi connectivity index (χ4v) is 1.72. The molecule has 2 rings (SSSR count). The predicted octanol–water partition coefficient (Wildman–Crippen LogP) is 4.86. The quantitative estimate of drug-likeness (QED) is 0.803. The zero-order chi connectivity index (χ0) is 20.4. The van der Waals surface area contributed by atoms with Gasteiger partial charge in [-0.2, -0.15) is 13.2 Å². The van der Waals surface area contributed by atoms with E-state index >= 15 is 0 Å². The van der Waals surface area contributed by atoms with E-state index in [4.69, 9.17) is 11.6 Å². The molecule has 126 valence electrons. The topological polar surface area (TPSA) is 21.3 Å². The van der Waals surface area contributed by atoms with Crippen molar-refractivity contribution in [3.05, 3.63) is 65.6 Å². The molecular weight excluding hydrogens is 327 g/mol. The first-order chi connectivity index (χ1) is 12.5. The second-order valence-corrected chi connectivity index (χ2v) is 4.45. The SMILES string of the molecule is Cl.[2H]c1cccc(C([2H])(CCNC)Oc2ccc(C(F)(F)F)c([2H])c2[2H])c1[2H]. The maximum absolute atomic E-state index is 12.9. The van der Waals surface area contributed by atoms with Crippen LogP contribution in [0, 0.1) is 0 Å². The third-order valence-electron chi connectivity index (χ3n) is 2.81. The Hall–Kier alpha value is -1.72. The molecule has 0 saturated heterocycles. The van der Waals surface area contributed by atoms with Gasteiger partial charge in [0.05, 0.1) is 12.4 Å². The van der Waals surface area contributed by atoms with E-state index in [1.165, 1.54) is 18.2 Å². The van der Waals surface area contributed by atoms with Gasteiger partial charge in [0, 0.05) is 6.42 Å². The summed E-state index contributed by atoms with van der Waals surface area (Å²) in [6.45, 7) is 0.285. The molecule has 2 aromatic rings. The highest BCUT2D eigenvalue weighted by Gasteiger charge is 2.30. The summed E-state index contributed by atoms with van der Waals surface area (Å²) in [5.41, 5.74) is -1.21. The van der Waals surface area contributed by atoms with Crippen molar-refractivity contribution in [2.45, 2.75) is 18.7 Å². The first-order valence-electron chi connectivity index (χ1n) is 9.09. The Morgan fingerprint density at radius 1 is 1.22 bits per heavy atom. The molecule has 0 bridgehead atoms. The minimum Gasteiger partial charge on any atom is -0.486 e. The molecular formula is C17H19ClF3NO. The molecule has 0 saturated carbocycles. The van der Waals surface area contributed by atoms with Crippen LogP contribution in [0.5, 0.6) is 5.75 Å². The number of benzene rings is 2. The van der Waals surface area contributed by atoms with Gasteiger partial charge in [0.25, 0.3) is 0 Å². The summed E-state index contributed by atoms with van der Waals surface area (Å²) in [5, 5.41) is 2.83. The van der Waals surface area contributed by atoms with Crippen LogP contribution in [0.15, 0.2) is 54.5 Å². The van der Waals surface area contributed by atoms with Crippen molar-refractivity contribution in [3.8, 4) is 5.75 Å². The average Bonchev–Trinajstić information content (AvgIpc) is 2.58. The van der Waals surface area contributed by atoms with Crippen molar-refractivity contribution in [3.63, 3.8) is 0 Å². The normalized spacial score (nSPS) is 16.8. The number of nitrogens with one attached hydrogen (secondary N) is 1. The second kappa shape index (κ2) is 8.79. The minimum absolute atomic E-state index is 0. The molecule has 1 N–H and O–H groups in total. The highest BCUT2D eigenvalue weighted by atomic mass is 35.5. The molecule has 2 aromatic carbocycles. The molecule has 0 spiro atoms. The fraction of sp³-hybridized carbons (Fsp3) is 0.294. The standard InChI is InChI=1S/C17H18F3NO.ClH/c1-21-12-11-16(13-5-3-2-4-6-13)22-15-9-7-14(8-10-15)17(18,19)20;/h2-10,16,21H,11-12H2,1H3;1H/i3D,5D,7D,9D,16D;. The van der Waals surface area contributed by atoms with E-state index < -0.39 is 29.9 Å². The van der Waals surface area contributed by atoms with Crippen LogP contribution in [0.2, 0.25) is 0 Å². The molecule has 0 aliphatic heterocycles. The molecule has 0 radical (unpaired) electrons. The Balaban J connectivity index is 0.00000392. The van der Waals surface area contributed by atoms with Gasteiger partial charge in [0.2, 0.25) is 0 Å². The lowest BCUT2D eigenvalue weighted by Crippen LogP contribution is -2.16. The largest absolute Gasteiger partial charge is 0.486 e. The molecule has 0 aliphatic rings. The zero-order valence-electron chi connectivity index (χ0n) is 17.3. The van der Waals surface area contributed by atoms with Crippen molar-refractivity contribution < 1.29 is 24.8 Å². The lowest BCUT2D eigenvalue weighted by molar-refractivity contribution is -0.137. The number of rotatable bonds is 6. The predicted molar refractivity (Wildman–Crippen MR) is 87.0 cm³/mol. The van der Waals surface area contributed by atoms with Crippen molar-refractivity contribution in [1.29, 1.82) is 0 Å². The summed E-state index contributed by atoms with van der Waals surface area (Å²) in [4.78, 5) is 0. The van der Waals surface area contributed by atoms with Gasteiger partial charge in [-0.15, -0.1) is 12.4 Å². The molecule has 0 fully saturated rings. The van der Waals surface area contributed by atoms with Crippen molar-refractivity contribution in [2.24, 2.45) is 0 Å². The molecule has 2 nitrogen and oxygen atoms in total. The van der Waals surface area contributed by atoms with Crippen LogP contribution >= 0.6 is 12.4 Å². The van der Waals surface area contributed by atoms with Crippen molar-refractivity contribution in [1.82, 2.24) is 5.32 Å². The number of hydrogen-bond acceptors (Lipinski definition) is 2. The molecule has 1 atom stereocenters. The van der Waals surface area contributed by atoms with E-state index in [0.717, 1.165) is 6.07 Å². The number of alkyl halides is 3. The smallest absolute Gasteiger partial charge is 0.416 e. The Labute approximate surface area is 147 Å². The van der Waals surface area contributed by atoms with Gasteiger partial charge in [-0.3, -0.25) is 0 Å². The molecule has 23 heavy (non-hydrogen) atoms. The molecule has 0 amide bonds. The van der Waals surface area contributed by atoms with Crippen LogP contribution < -0.4 is 10.1 Å². The summed E-state index contributed by atoms with van der Waals surface area (Å²) < 4.78 is 84.1. The van der Waals surface area contributed by atoms with Crippen LogP contribution in [-0.4, -0.2) is 13.6 Å². The monoisotopic (exact) mass is 350 g/mol. The van der Waals surface area contributed by atoms with Crippen LogP contribution in [0.4, 0.5) is 13.2 Å². The number of halogens is 4. The minimum atomic E-state index is -4.77. The van der Waals surface area contributed by atoms with Gasteiger partial charge >= 0.3 is 6.18 Å². The fourth-order valence-electron chi connectivity index (χ4n) is 1.72. The third-order valence-corrected chi connectivity index (χ3v) is 2.81. The molecule has 0 aliphatic carbocycles.